The van der Waals surface area contributed by atoms with Crippen LogP contribution in [0, 0.1) is 13.8 Å². The molecule has 0 N–H and O–H groups in total. The van der Waals surface area contributed by atoms with E-state index in [1.165, 1.54) is 0 Å². The largest absolute Gasteiger partial charge is 0.289 e. The summed E-state index contributed by atoms with van der Waals surface area (Å²) in [5.74, 6) is 0.0132. The van der Waals surface area contributed by atoms with Crippen LogP contribution in [0.2, 0.25) is 5.02 Å². The molecule has 0 fully saturated rings. The van der Waals surface area contributed by atoms with Gasteiger partial charge in [0, 0.05) is 16.1 Å². The van der Waals surface area contributed by atoms with E-state index in [4.69, 9.17) is 11.6 Å². The van der Waals surface area contributed by atoms with Gasteiger partial charge in [-0.1, -0.05) is 35.4 Å². The Morgan fingerprint density at radius 2 is 1.65 bits per heavy atom. The SMILES string of the molecule is Cc1cccc(C(=O)c2cc(C)cc(Cl)c2)c1. The van der Waals surface area contributed by atoms with E-state index in [0.29, 0.717) is 16.1 Å². The van der Waals surface area contributed by atoms with Crippen molar-refractivity contribution in [3.63, 3.8) is 0 Å². The Hall–Kier alpha value is -1.60. The van der Waals surface area contributed by atoms with Crippen molar-refractivity contribution in [2.75, 3.05) is 0 Å². The molecular weight excluding hydrogens is 232 g/mol. The lowest BCUT2D eigenvalue weighted by atomic mass is 10.0. The van der Waals surface area contributed by atoms with E-state index in [9.17, 15) is 4.79 Å². The number of hydrogen-bond donors (Lipinski definition) is 0. The molecule has 0 heterocycles. The van der Waals surface area contributed by atoms with Crippen LogP contribution in [0.25, 0.3) is 0 Å². The summed E-state index contributed by atoms with van der Waals surface area (Å²) in [7, 11) is 0. The summed E-state index contributed by atoms with van der Waals surface area (Å²) < 4.78 is 0. The van der Waals surface area contributed by atoms with Gasteiger partial charge >= 0.3 is 0 Å². The van der Waals surface area contributed by atoms with Crippen molar-refractivity contribution in [3.05, 3.63) is 69.7 Å². The van der Waals surface area contributed by atoms with Gasteiger partial charge in [0.05, 0.1) is 0 Å². The van der Waals surface area contributed by atoms with Crippen LogP contribution in [0.15, 0.2) is 42.5 Å². The zero-order valence-corrected chi connectivity index (χ0v) is 10.6. The second-order valence-electron chi connectivity index (χ2n) is 4.22. The molecule has 2 aromatic rings. The second-order valence-corrected chi connectivity index (χ2v) is 4.65. The molecule has 0 saturated carbocycles. The molecule has 0 spiro atoms. The lowest BCUT2D eigenvalue weighted by Crippen LogP contribution is -2.01. The Balaban J connectivity index is 2.43. The Bertz CT molecular complexity index is 553. The lowest BCUT2D eigenvalue weighted by molar-refractivity contribution is 0.103. The Kier molecular flexibility index (Phi) is 3.30. The maximum absolute atomic E-state index is 12.2. The third-order valence-electron chi connectivity index (χ3n) is 2.58. The minimum absolute atomic E-state index is 0.0132. The van der Waals surface area contributed by atoms with E-state index in [0.717, 1.165) is 11.1 Å². The summed E-state index contributed by atoms with van der Waals surface area (Å²) in [5.41, 5.74) is 3.41. The van der Waals surface area contributed by atoms with Gasteiger partial charge in [0.1, 0.15) is 0 Å². The maximum Gasteiger partial charge on any atom is 0.193 e. The lowest BCUT2D eigenvalue weighted by Gasteiger charge is -2.04. The summed E-state index contributed by atoms with van der Waals surface area (Å²) in [5, 5.41) is 0.598. The van der Waals surface area contributed by atoms with Crippen molar-refractivity contribution < 1.29 is 4.79 Å². The fourth-order valence-electron chi connectivity index (χ4n) is 1.82. The van der Waals surface area contributed by atoms with Gasteiger partial charge in [-0.05, 0) is 43.7 Å². The predicted octanol–water partition coefficient (Wildman–Crippen LogP) is 4.19. The van der Waals surface area contributed by atoms with Gasteiger partial charge in [0.25, 0.3) is 0 Å². The molecule has 0 unspecified atom stereocenters. The number of carbonyl (C=O) groups excluding carboxylic acids is 1. The number of benzene rings is 2. The van der Waals surface area contributed by atoms with Crippen LogP contribution in [0.5, 0.6) is 0 Å². The van der Waals surface area contributed by atoms with Crippen LogP contribution < -0.4 is 0 Å². The summed E-state index contributed by atoms with van der Waals surface area (Å²) in [4.78, 5) is 12.2. The first-order chi connectivity index (χ1) is 8.06. The van der Waals surface area contributed by atoms with Crippen LogP contribution in [0.4, 0.5) is 0 Å². The Morgan fingerprint density at radius 1 is 0.941 bits per heavy atom. The van der Waals surface area contributed by atoms with Gasteiger partial charge in [0.2, 0.25) is 0 Å². The van der Waals surface area contributed by atoms with E-state index in [-0.39, 0.29) is 5.78 Å². The molecular formula is C15H13ClO. The zero-order valence-electron chi connectivity index (χ0n) is 9.83. The highest BCUT2D eigenvalue weighted by molar-refractivity contribution is 6.31. The number of carbonyl (C=O) groups is 1. The smallest absolute Gasteiger partial charge is 0.193 e. The first-order valence-corrected chi connectivity index (χ1v) is 5.82. The molecule has 0 bridgehead atoms. The van der Waals surface area contributed by atoms with Crippen LogP contribution in [-0.4, -0.2) is 5.78 Å². The molecule has 0 atom stereocenters. The fraction of sp³-hybridized carbons (Fsp3) is 0.133. The molecule has 17 heavy (non-hydrogen) atoms. The third-order valence-corrected chi connectivity index (χ3v) is 2.80. The number of hydrogen-bond acceptors (Lipinski definition) is 1. The van der Waals surface area contributed by atoms with Crippen LogP contribution in [-0.2, 0) is 0 Å². The van der Waals surface area contributed by atoms with E-state index in [1.807, 2.05) is 50.2 Å². The zero-order chi connectivity index (χ0) is 12.4. The second kappa shape index (κ2) is 4.72. The normalized spacial score (nSPS) is 10.3. The molecule has 0 aliphatic rings. The average Bonchev–Trinajstić information content (AvgIpc) is 2.26. The standard InChI is InChI=1S/C15H13ClO/c1-10-4-3-5-12(6-10)15(17)13-7-11(2)8-14(16)9-13/h3-9H,1-2H3. The van der Waals surface area contributed by atoms with Crippen molar-refractivity contribution in [2.24, 2.45) is 0 Å². The van der Waals surface area contributed by atoms with Gasteiger partial charge in [0.15, 0.2) is 5.78 Å². The molecule has 2 heteroatoms. The Morgan fingerprint density at radius 3 is 2.29 bits per heavy atom. The van der Waals surface area contributed by atoms with Crippen LogP contribution in [0.3, 0.4) is 0 Å². The van der Waals surface area contributed by atoms with E-state index in [1.54, 1.807) is 6.07 Å². The van der Waals surface area contributed by atoms with E-state index in [2.05, 4.69) is 0 Å². The topological polar surface area (TPSA) is 17.1 Å². The number of aryl methyl sites for hydroxylation is 2. The molecule has 86 valence electrons. The predicted molar refractivity (Wildman–Crippen MR) is 70.8 cm³/mol. The highest BCUT2D eigenvalue weighted by Gasteiger charge is 2.10. The van der Waals surface area contributed by atoms with Crippen LogP contribution in [0.1, 0.15) is 27.0 Å². The third kappa shape index (κ3) is 2.75. The van der Waals surface area contributed by atoms with Crippen molar-refractivity contribution in [3.8, 4) is 0 Å². The number of ketones is 1. The monoisotopic (exact) mass is 244 g/mol. The summed E-state index contributed by atoms with van der Waals surface area (Å²) in [6.07, 6.45) is 0. The summed E-state index contributed by atoms with van der Waals surface area (Å²) >= 11 is 5.96. The summed E-state index contributed by atoms with van der Waals surface area (Å²) in [6.45, 7) is 3.90. The average molecular weight is 245 g/mol. The van der Waals surface area contributed by atoms with Gasteiger partial charge in [-0.3, -0.25) is 4.79 Å². The van der Waals surface area contributed by atoms with Crippen molar-refractivity contribution in [1.29, 1.82) is 0 Å². The number of rotatable bonds is 2. The number of halogens is 1. The van der Waals surface area contributed by atoms with Crippen LogP contribution >= 0.6 is 11.6 Å². The Labute approximate surface area is 106 Å². The fourth-order valence-corrected chi connectivity index (χ4v) is 2.11. The van der Waals surface area contributed by atoms with Crippen molar-refractivity contribution >= 4 is 17.4 Å². The molecule has 0 aliphatic carbocycles. The van der Waals surface area contributed by atoms with Crippen molar-refractivity contribution in [1.82, 2.24) is 0 Å². The molecule has 0 aromatic heterocycles. The molecule has 0 saturated heterocycles. The van der Waals surface area contributed by atoms with Crippen molar-refractivity contribution in [2.45, 2.75) is 13.8 Å². The van der Waals surface area contributed by atoms with Gasteiger partial charge in [-0.25, -0.2) is 0 Å². The van der Waals surface area contributed by atoms with Gasteiger partial charge < -0.3 is 0 Å². The highest BCUT2D eigenvalue weighted by atomic mass is 35.5. The first-order valence-electron chi connectivity index (χ1n) is 5.45. The van der Waals surface area contributed by atoms with E-state index < -0.39 is 0 Å². The summed E-state index contributed by atoms with van der Waals surface area (Å²) in [6, 6.07) is 13.0. The molecule has 2 aromatic carbocycles. The molecule has 2 rings (SSSR count). The highest BCUT2D eigenvalue weighted by Crippen LogP contribution is 2.18. The molecule has 0 amide bonds. The maximum atomic E-state index is 12.2. The molecule has 0 aliphatic heterocycles. The van der Waals surface area contributed by atoms with E-state index >= 15 is 0 Å². The minimum atomic E-state index is 0.0132. The quantitative estimate of drug-likeness (QED) is 0.724. The molecule has 1 nitrogen and oxygen atoms in total. The minimum Gasteiger partial charge on any atom is -0.289 e. The van der Waals surface area contributed by atoms with Gasteiger partial charge in [-0.15, -0.1) is 0 Å². The van der Waals surface area contributed by atoms with Gasteiger partial charge in [-0.2, -0.15) is 0 Å². The first kappa shape index (κ1) is 11.9. The molecule has 0 radical (unpaired) electrons.